The fraction of sp³-hybridized carbons (Fsp3) is 0.417. The van der Waals surface area contributed by atoms with Gasteiger partial charge in [-0.3, -0.25) is 9.59 Å². The number of benzene rings is 2. The van der Waals surface area contributed by atoms with Crippen LogP contribution in [0.15, 0.2) is 53.4 Å². The second-order valence-electron chi connectivity index (χ2n) is 7.98. The third kappa shape index (κ3) is 6.06. The molecule has 34 heavy (non-hydrogen) atoms. The van der Waals surface area contributed by atoms with E-state index in [2.05, 4.69) is 0 Å². The monoisotopic (exact) mass is 490 g/mol. The van der Waals surface area contributed by atoms with Crippen LogP contribution in [0.5, 0.6) is 11.5 Å². The first-order valence-electron chi connectivity index (χ1n) is 10.9. The summed E-state index contributed by atoms with van der Waals surface area (Å²) < 4.78 is 42.6. The van der Waals surface area contributed by atoms with Gasteiger partial charge in [0, 0.05) is 31.6 Å². The van der Waals surface area contributed by atoms with Crippen LogP contribution in [0.2, 0.25) is 0 Å². The molecule has 2 aromatic carbocycles. The summed E-state index contributed by atoms with van der Waals surface area (Å²) in [5.41, 5.74) is 0.734. The predicted octanol–water partition coefficient (Wildman–Crippen LogP) is 2.31. The summed E-state index contributed by atoms with van der Waals surface area (Å²) in [6.07, 6.45) is 0.730. The lowest BCUT2D eigenvalue weighted by atomic mass is 9.96. The summed E-state index contributed by atoms with van der Waals surface area (Å²) in [6, 6.07) is 13.5. The summed E-state index contributed by atoms with van der Waals surface area (Å²) in [6.45, 7) is 0.404. The molecule has 3 rings (SSSR count). The molecule has 9 nitrogen and oxygen atoms in total. The van der Waals surface area contributed by atoms with E-state index < -0.39 is 21.9 Å². The summed E-state index contributed by atoms with van der Waals surface area (Å²) in [7, 11) is 0.728. The Morgan fingerprint density at radius 1 is 0.971 bits per heavy atom. The Hall–Kier alpha value is -3.11. The maximum atomic E-state index is 13.4. The molecule has 1 saturated heterocycles. The third-order valence-corrected chi connectivity index (χ3v) is 7.74. The van der Waals surface area contributed by atoms with Gasteiger partial charge in [0.15, 0.2) is 0 Å². The number of amides is 1. The minimum Gasteiger partial charge on any atom is -0.497 e. The van der Waals surface area contributed by atoms with Gasteiger partial charge in [0.25, 0.3) is 0 Å². The zero-order valence-electron chi connectivity index (χ0n) is 19.6. The van der Waals surface area contributed by atoms with Crippen LogP contribution in [0.4, 0.5) is 0 Å². The molecule has 0 unspecified atom stereocenters. The highest BCUT2D eigenvalue weighted by atomic mass is 32.2. The van der Waals surface area contributed by atoms with Gasteiger partial charge in [0.1, 0.15) is 18.0 Å². The number of hydrogen-bond acceptors (Lipinski definition) is 7. The van der Waals surface area contributed by atoms with E-state index in [1.54, 1.807) is 48.5 Å². The van der Waals surface area contributed by atoms with Crippen LogP contribution < -0.4 is 9.47 Å². The minimum atomic E-state index is -3.61. The Kier molecular flexibility index (Phi) is 8.51. The summed E-state index contributed by atoms with van der Waals surface area (Å²) in [5, 5.41) is 0. The molecule has 2 aromatic rings. The number of nitrogens with zero attached hydrogens (tertiary/aromatic N) is 2. The van der Waals surface area contributed by atoms with Crippen molar-refractivity contribution in [1.29, 1.82) is 0 Å². The molecule has 1 aliphatic rings. The normalized spacial score (nSPS) is 14.9. The van der Waals surface area contributed by atoms with Crippen LogP contribution in [-0.4, -0.2) is 70.5 Å². The smallest absolute Gasteiger partial charge is 0.325 e. The number of sulfonamides is 1. The standard InChI is InChI=1S/C24H30N2O7S/c1-31-20-13-18(14-21(15-20)32-2)16-25(17-23(27)33-3)24(28)19-9-11-26(12-10-19)34(29,30)22-7-5-4-6-8-22/h4-8,13-15,19H,9-12,16-17H2,1-3H3. The molecule has 0 N–H and O–H groups in total. The summed E-state index contributed by atoms with van der Waals surface area (Å²) >= 11 is 0. The van der Waals surface area contributed by atoms with Crippen molar-refractivity contribution in [3.05, 3.63) is 54.1 Å². The van der Waals surface area contributed by atoms with Crippen molar-refractivity contribution >= 4 is 21.9 Å². The molecule has 0 atom stereocenters. The number of esters is 1. The average molecular weight is 491 g/mol. The molecule has 1 heterocycles. The zero-order valence-corrected chi connectivity index (χ0v) is 20.4. The molecule has 0 bridgehead atoms. The molecule has 0 spiro atoms. The summed E-state index contributed by atoms with van der Waals surface area (Å²) in [5.74, 6) is -0.0193. The molecule has 1 aliphatic heterocycles. The fourth-order valence-electron chi connectivity index (χ4n) is 3.95. The molecule has 0 radical (unpaired) electrons. The Morgan fingerprint density at radius 2 is 1.56 bits per heavy atom. The van der Waals surface area contributed by atoms with Crippen LogP contribution in [0.25, 0.3) is 0 Å². The van der Waals surface area contributed by atoms with Gasteiger partial charge in [-0.2, -0.15) is 4.31 Å². The lowest BCUT2D eigenvalue weighted by molar-refractivity contribution is -0.149. The van der Waals surface area contributed by atoms with Crippen LogP contribution >= 0.6 is 0 Å². The van der Waals surface area contributed by atoms with Crippen molar-refractivity contribution in [3.8, 4) is 11.5 Å². The molecule has 1 amide bonds. The van der Waals surface area contributed by atoms with Gasteiger partial charge in [-0.05, 0) is 42.7 Å². The average Bonchev–Trinajstić information content (AvgIpc) is 2.88. The van der Waals surface area contributed by atoms with Gasteiger partial charge in [0.2, 0.25) is 15.9 Å². The topological polar surface area (TPSA) is 102 Å². The van der Waals surface area contributed by atoms with E-state index in [9.17, 15) is 18.0 Å². The Bertz CT molecular complexity index is 1080. The maximum absolute atomic E-state index is 13.4. The van der Waals surface area contributed by atoms with Crippen molar-refractivity contribution in [2.24, 2.45) is 5.92 Å². The fourth-order valence-corrected chi connectivity index (χ4v) is 5.44. The van der Waals surface area contributed by atoms with Crippen molar-refractivity contribution in [2.45, 2.75) is 24.3 Å². The van der Waals surface area contributed by atoms with E-state index in [1.807, 2.05) is 0 Å². The molecule has 0 saturated carbocycles. The van der Waals surface area contributed by atoms with E-state index in [4.69, 9.17) is 14.2 Å². The summed E-state index contributed by atoms with van der Waals surface area (Å²) in [4.78, 5) is 27.1. The van der Waals surface area contributed by atoms with Gasteiger partial charge in [0.05, 0.1) is 26.2 Å². The first-order valence-corrected chi connectivity index (χ1v) is 12.3. The van der Waals surface area contributed by atoms with Crippen molar-refractivity contribution in [1.82, 2.24) is 9.21 Å². The Balaban J connectivity index is 1.73. The second-order valence-corrected chi connectivity index (χ2v) is 9.92. The van der Waals surface area contributed by atoms with E-state index in [0.717, 1.165) is 5.56 Å². The van der Waals surface area contributed by atoms with Gasteiger partial charge < -0.3 is 19.1 Å². The third-order valence-electron chi connectivity index (χ3n) is 5.83. The van der Waals surface area contributed by atoms with Crippen LogP contribution in [0.3, 0.4) is 0 Å². The quantitative estimate of drug-likeness (QED) is 0.497. The number of rotatable bonds is 9. The van der Waals surface area contributed by atoms with Gasteiger partial charge in [-0.1, -0.05) is 18.2 Å². The van der Waals surface area contributed by atoms with E-state index in [1.165, 1.54) is 30.5 Å². The number of ether oxygens (including phenoxy) is 3. The predicted molar refractivity (Wildman–Crippen MR) is 125 cm³/mol. The van der Waals surface area contributed by atoms with Crippen LogP contribution in [0.1, 0.15) is 18.4 Å². The second kappa shape index (κ2) is 11.3. The van der Waals surface area contributed by atoms with Gasteiger partial charge >= 0.3 is 5.97 Å². The first kappa shape index (κ1) is 25.5. The number of carbonyl (C=O) groups is 2. The van der Waals surface area contributed by atoms with Crippen molar-refractivity contribution < 1.29 is 32.2 Å². The van der Waals surface area contributed by atoms with Crippen LogP contribution in [-0.2, 0) is 30.9 Å². The van der Waals surface area contributed by atoms with E-state index >= 15 is 0 Å². The van der Waals surface area contributed by atoms with Crippen LogP contribution in [0, 0.1) is 5.92 Å². The largest absolute Gasteiger partial charge is 0.497 e. The van der Waals surface area contributed by atoms with Gasteiger partial charge in [-0.25, -0.2) is 8.42 Å². The Labute approximate surface area is 200 Å². The van der Waals surface area contributed by atoms with Gasteiger partial charge in [-0.15, -0.1) is 0 Å². The highest BCUT2D eigenvalue weighted by Crippen LogP contribution is 2.27. The number of hydrogen-bond donors (Lipinski definition) is 0. The highest BCUT2D eigenvalue weighted by molar-refractivity contribution is 7.89. The van der Waals surface area contributed by atoms with E-state index in [-0.39, 0.29) is 37.0 Å². The maximum Gasteiger partial charge on any atom is 0.325 e. The number of carbonyl (C=O) groups excluding carboxylic acids is 2. The lowest BCUT2D eigenvalue weighted by Crippen LogP contribution is -2.45. The first-order chi connectivity index (χ1) is 16.3. The van der Waals surface area contributed by atoms with Crippen molar-refractivity contribution in [3.63, 3.8) is 0 Å². The lowest BCUT2D eigenvalue weighted by Gasteiger charge is -2.33. The number of piperidine rings is 1. The molecule has 184 valence electrons. The number of methoxy groups -OCH3 is 3. The highest BCUT2D eigenvalue weighted by Gasteiger charge is 2.34. The molecular formula is C24H30N2O7S. The minimum absolute atomic E-state index is 0.157. The molecule has 1 fully saturated rings. The molecular weight excluding hydrogens is 460 g/mol. The zero-order chi connectivity index (χ0) is 24.7. The molecule has 0 aromatic heterocycles. The molecule has 0 aliphatic carbocycles. The SMILES string of the molecule is COC(=O)CN(Cc1cc(OC)cc(OC)c1)C(=O)C1CCN(S(=O)(=O)c2ccccc2)CC1. The van der Waals surface area contributed by atoms with Crippen molar-refractivity contribution in [2.75, 3.05) is 41.0 Å². The Morgan fingerprint density at radius 3 is 2.09 bits per heavy atom. The van der Waals surface area contributed by atoms with E-state index in [0.29, 0.717) is 24.3 Å². The molecule has 10 heteroatoms.